The van der Waals surface area contributed by atoms with Gasteiger partial charge in [-0.3, -0.25) is 9.69 Å². The van der Waals surface area contributed by atoms with Crippen LogP contribution in [-0.4, -0.2) is 28.4 Å². The second-order valence-electron chi connectivity index (χ2n) is 7.11. The van der Waals surface area contributed by atoms with Crippen LogP contribution >= 0.6 is 0 Å². The molecular formula is C22H23NO3. The number of benzene rings is 2. The van der Waals surface area contributed by atoms with Gasteiger partial charge in [0.05, 0.1) is 11.1 Å². The number of aromatic hydroxyl groups is 1. The number of phenols is 1. The molecule has 0 aromatic heterocycles. The maximum Gasteiger partial charge on any atom is 0.231 e. The molecule has 26 heavy (non-hydrogen) atoms. The van der Waals surface area contributed by atoms with Crippen molar-refractivity contribution in [3.05, 3.63) is 64.9 Å². The van der Waals surface area contributed by atoms with Gasteiger partial charge >= 0.3 is 0 Å². The molecule has 4 nitrogen and oxygen atoms in total. The van der Waals surface area contributed by atoms with Gasteiger partial charge in [0.15, 0.2) is 5.76 Å². The minimum Gasteiger partial charge on any atom is -0.507 e. The Bertz CT molecular complexity index is 857. The quantitative estimate of drug-likeness (QED) is 0.836. The lowest BCUT2D eigenvalue weighted by molar-refractivity contribution is 0.101. The summed E-state index contributed by atoms with van der Waals surface area (Å²) in [6, 6.07) is 13.4. The summed E-state index contributed by atoms with van der Waals surface area (Å²) in [5, 5.41) is 10.4. The third-order valence-corrected chi connectivity index (χ3v) is 5.32. The number of phenolic OH excluding ortho intramolecular Hbond substituents is 1. The van der Waals surface area contributed by atoms with Crippen LogP contribution < -0.4 is 4.74 Å². The van der Waals surface area contributed by atoms with Crippen molar-refractivity contribution in [1.29, 1.82) is 0 Å². The molecule has 0 bridgehead atoms. The standard InChI is InChI=1S/C22H23NO3/c1-15-7-5-6-12-23(15)14-18-19(24)11-10-17-21(25)20(26-22(17)18)13-16-8-3-2-4-9-16/h2-4,8-11,13,15,24H,5-7,12,14H2,1H3/b20-13-/t15-/m1/s1. The van der Waals surface area contributed by atoms with E-state index in [2.05, 4.69) is 11.8 Å². The number of ether oxygens (including phenoxy) is 1. The van der Waals surface area contributed by atoms with Crippen LogP contribution in [0, 0.1) is 0 Å². The first-order valence-electron chi connectivity index (χ1n) is 9.21. The average Bonchev–Trinajstić information content (AvgIpc) is 2.96. The second-order valence-corrected chi connectivity index (χ2v) is 7.11. The Morgan fingerprint density at radius 3 is 2.77 bits per heavy atom. The Morgan fingerprint density at radius 2 is 2.00 bits per heavy atom. The zero-order valence-corrected chi connectivity index (χ0v) is 14.9. The highest BCUT2D eigenvalue weighted by molar-refractivity contribution is 6.15. The van der Waals surface area contributed by atoms with Crippen LogP contribution in [0.1, 0.15) is 47.7 Å². The van der Waals surface area contributed by atoms with Crippen molar-refractivity contribution >= 4 is 11.9 Å². The first kappa shape index (κ1) is 16.9. The first-order chi connectivity index (χ1) is 12.6. The fraction of sp³-hybridized carbons (Fsp3) is 0.318. The fourth-order valence-electron chi connectivity index (χ4n) is 3.75. The van der Waals surface area contributed by atoms with Crippen LogP contribution in [0.25, 0.3) is 6.08 Å². The SMILES string of the molecule is C[C@@H]1CCCCN1Cc1c(O)ccc2c1O/C(=C\c1ccccc1)C2=O. The summed E-state index contributed by atoms with van der Waals surface area (Å²) in [6.45, 7) is 3.82. The molecule has 4 heteroatoms. The van der Waals surface area contributed by atoms with Gasteiger partial charge in [-0.25, -0.2) is 0 Å². The Hall–Kier alpha value is -2.59. The van der Waals surface area contributed by atoms with Gasteiger partial charge in [0.2, 0.25) is 5.78 Å². The van der Waals surface area contributed by atoms with Gasteiger partial charge in [-0.15, -0.1) is 0 Å². The van der Waals surface area contributed by atoms with E-state index < -0.39 is 0 Å². The van der Waals surface area contributed by atoms with Crippen LogP contribution in [0.2, 0.25) is 0 Å². The molecule has 0 amide bonds. The predicted molar refractivity (Wildman–Crippen MR) is 101 cm³/mol. The van der Waals surface area contributed by atoms with E-state index in [-0.39, 0.29) is 11.5 Å². The number of likely N-dealkylation sites (tertiary alicyclic amines) is 1. The third-order valence-electron chi connectivity index (χ3n) is 5.32. The minimum absolute atomic E-state index is 0.128. The number of fused-ring (bicyclic) bond motifs is 1. The summed E-state index contributed by atoms with van der Waals surface area (Å²) in [4.78, 5) is 15.1. The Balaban J connectivity index is 1.66. The molecule has 2 aromatic carbocycles. The third kappa shape index (κ3) is 3.13. The van der Waals surface area contributed by atoms with Gasteiger partial charge in [-0.1, -0.05) is 36.8 Å². The lowest BCUT2D eigenvalue weighted by atomic mass is 10.0. The molecule has 2 heterocycles. The Morgan fingerprint density at radius 1 is 1.19 bits per heavy atom. The van der Waals surface area contributed by atoms with Crippen LogP contribution in [0.5, 0.6) is 11.5 Å². The molecular weight excluding hydrogens is 326 g/mol. The molecule has 0 radical (unpaired) electrons. The van der Waals surface area contributed by atoms with Gasteiger partial charge in [-0.2, -0.15) is 0 Å². The lowest BCUT2D eigenvalue weighted by Gasteiger charge is -2.33. The highest BCUT2D eigenvalue weighted by Crippen LogP contribution is 2.40. The highest BCUT2D eigenvalue weighted by atomic mass is 16.5. The number of nitrogens with zero attached hydrogens (tertiary/aromatic N) is 1. The Labute approximate surface area is 153 Å². The summed E-state index contributed by atoms with van der Waals surface area (Å²) >= 11 is 0. The molecule has 2 aliphatic heterocycles. The number of carbonyl (C=O) groups is 1. The maximum atomic E-state index is 12.7. The summed E-state index contributed by atoms with van der Waals surface area (Å²) < 4.78 is 5.94. The molecule has 0 spiro atoms. The smallest absolute Gasteiger partial charge is 0.231 e. The first-order valence-corrected chi connectivity index (χ1v) is 9.21. The van der Waals surface area contributed by atoms with Gasteiger partial charge in [0.25, 0.3) is 0 Å². The number of ketones is 1. The maximum absolute atomic E-state index is 12.7. The molecule has 1 atom stereocenters. The summed E-state index contributed by atoms with van der Waals surface area (Å²) in [7, 11) is 0. The monoisotopic (exact) mass is 349 g/mol. The molecule has 2 aromatic rings. The molecule has 4 rings (SSSR count). The number of allylic oxidation sites excluding steroid dienone is 1. The average molecular weight is 349 g/mol. The van der Waals surface area contributed by atoms with Crippen LogP contribution in [0.3, 0.4) is 0 Å². The molecule has 2 aliphatic rings. The number of rotatable bonds is 3. The van der Waals surface area contributed by atoms with E-state index in [0.29, 0.717) is 35.2 Å². The number of hydrogen-bond acceptors (Lipinski definition) is 4. The molecule has 0 saturated carbocycles. The van der Waals surface area contributed by atoms with Crippen LogP contribution in [0.4, 0.5) is 0 Å². The van der Waals surface area contributed by atoms with Gasteiger partial charge in [-0.05, 0) is 50.1 Å². The Kier molecular flexibility index (Phi) is 4.51. The van der Waals surface area contributed by atoms with E-state index in [1.165, 1.54) is 12.8 Å². The van der Waals surface area contributed by atoms with E-state index in [0.717, 1.165) is 18.5 Å². The largest absolute Gasteiger partial charge is 0.507 e. The number of piperidine rings is 1. The van der Waals surface area contributed by atoms with Crippen molar-refractivity contribution in [2.24, 2.45) is 0 Å². The van der Waals surface area contributed by atoms with Crippen molar-refractivity contribution in [2.45, 2.75) is 38.8 Å². The summed E-state index contributed by atoms with van der Waals surface area (Å²) in [5.41, 5.74) is 2.16. The van der Waals surface area contributed by atoms with Gasteiger partial charge in [0.1, 0.15) is 11.5 Å². The summed E-state index contributed by atoms with van der Waals surface area (Å²) in [6.07, 6.45) is 5.33. The fourth-order valence-corrected chi connectivity index (χ4v) is 3.75. The van der Waals surface area contributed by atoms with E-state index >= 15 is 0 Å². The summed E-state index contributed by atoms with van der Waals surface area (Å²) in [5.74, 6) is 0.881. The van der Waals surface area contributed by atoms with Crippen molar-refractivity contribution < 1.29 is 14.6 Å². The van der Waals surface area contributed by atoms with Gasteiger partial charge < -0.3 is 9.84 Å². The molecule has 1 fully saturated rings. The van der Waals surface area contributed by atoms with E-state index in [9.17, 15) is 9.90 Å². The predicted octanol–water partition coefficient (Wildman–Crippen LogP) is 4.38. The lowest BCUT2D eigenvalue weighted by Crippen LogP contribution is -2.36. The highest BCUT2D eigenvalue weighted by Gasteiger charge is 2.32. The molecule has 1 N–H and O–H groups in total. The molecule has 1 saturated heterocycles. The topological polar surface area (TPSA) is 49.8 Å². The number of hydrogen-bond donors (Lipinski definition) is 1. The zero-order chi connectivity index (χ0) is 18.1. The minimum atomic E-state index is -0.128. The van der Waals surface area contributed by atoms with E-state index in [1.54, 1.807) is 18.2 Å². The molecule has 0 unspecified atom stereocenters. The molecule has 134 valence electrons. The van der Waals surface area contributed by atoms with E-state index in [1.807, 2.05) is 30.3 Å². The normalized spacial score (nSPS) is 21.7. The number of Topliss-reactive ketones (excluding diaryl/α,β-unsaturated/α-hetero) is 1. The van der Waals surface area contributed by atoms with Crippen molar-refractivity contribution in [1.82, 2.24) is 4.90 Å². The van der Waals surface area contributed by atoms with Crippen molar-refractivity contribution in [3.63, 3.8) is 0 Å². The van der Waals surface area contributed by atoms with Crippen molar-refractivity contribution in [3.8, 4) is 11.5 Å². The van der Waals surface area contributed by atoms with Crippen LogP contribution in [0.15, 0.2) is 48.2 Å². The molecule has 0 aliphatic carbocycles. The number of carbonyl (C=O) groups excluding carboxylic acids is 1. The zero-order valence-electron chi connectivity index (χ0n) is 14.9. The van der Waals surface area contributed by atoms with Crippen molar-refractivity contribution in [2.75, 3.05) is 6.54 Å². The van der Waals surface area contributed by atoms with Gasteiger partial charge in [0, 0.05) is 12.6 Å². The second kappa shape index (κ2) is 6.96. The van der Waals surface area contributed by atoms with E-state index in [4.69, 9.17) is 4.74 Å². The van der Waals surface area contributed by atoms with Crippen LogP contribution in [-0.2, 0) is 6.54 Å².